The van der Waals surface area contributed by atoms with Crippen LogP contribution in [0.1, 0.15) is 28.3 Å². The van der Waals surface area contributed by atoms with Crippen LogP contribution in [0.25, 0.3) is 0 Å². The van der Waals surface area contributed by atoms with Gasteiger partial charge in [0.25, 0.3) is 0 Å². The van der Waals surface area contributed by atoms with E-state index in [0.717, 1.165) is 21.7 Å². The van der Waals surface area contributed by atoms with Crippen molar-refractivity contribution in [2.24, 2.45) is 5.73 Å². The van der Waals surface area contributed by atoms with Crippen molar-refractivity contribution in [3.8, 4) is 0 Å². The highest BCUT2D eigenvalue weighted by Gasteiger charge is 2.13. The van der Waals surface area contributed by atoms with E-state index < -0.39 is 0 Å². The first kappa shape index (κ1) is 12.2. The minimum atomic E-state index is -0.163. The molecule has 1 nitrogen and oxygen atoms in total. The lowest BCUT2D eigenvalue weighted by atomic mass is 9.95. The van der Waals surface area contributed by atoms with E-state index in [1.165, 1.54) is 5.56 Å². The zero-order chi connectivity index (χ0) is 12.4. The summed E-state index contributed by atoms with van der Waals surface area (Å²) in [5.41, 5.74) is 10.7. The van der Waals surface area contributed by atoms with Crippen LogP contribution in [0.2, 0.25) is 5.02 Å². The van der Waals surface area contributed by atoms with E-state index in [1.807, 2.05) is 37.3 Å². The molecule has 0 aliphatic carbocycles. The summed E-state index contributed by atoms with van der Waals surface area (Å²) in [6.45, 7) is 4.09. The molecule has 2 N–H and O–H groups in total. The molecule has 17 heavy (non-hydrogen) atoms. The average molecular weight is 246 g/mol. The van der Waals surface area contributed by atoms with Crippen molar-refractivity contribution in [2.75, 3.05) is 0 Å². The Bertz CT molecular complexity index is 534. The minimum absolute atomic E-state index is 0.163. The average Bonchev–Trinajstić information content (AvgIpc) is 2.29. The number of hydrogen-bond donors (Lipinski definition) is 1. The van der Waals surface area contributed by atoms with E-state index in [-0.39, 0.29) is 6.04 Å². The Labute approximate surface area is 107 Å². The SMILES string of the molecule is Cc1ccc(C(N)c2ccccc2C)c(Cl)c1. The summed E-state index contributed by atoms with van der Waals surface area (Å²) < 4.78 is 0. The topological polar surface area (TPSA) is 26.0 Å². The highest BCUT2D eigenvalue weighted by Crippen LogP contribution is 2.28. The third-order valence-corrected chi connectivity index (χ3v) is 3.34. The Morgan fingerprint density at radius 3 is 2.35 bits per heavy atom. The number of nitrogens with two attached hydrogens (primary N) is 1. The fourth-order valence-electron chi connectivity index (χ4n) is 1.99. The monoisotopic (exact) mass is 245 g/mol. The highest BCUT2D eigenvalue weighted by molar-refractivity contribution is 6.31. The van der Waals surface area contributed by atoms with Gasteiger partial charge in [-0.2, -0.15) is 0 Å². The standard InChI is InChI=1S/C15H16ClN/c1-10-7-8-13(14(16)9-10)15(17)12-6-4-3-5-11(12)2/h3-9,15H,17H2,1-2H3. The predicted molar refractivity (Wildman–Crippen MR) is 73.4 cm³/mol. The molecule has 2 rings (SSSR count). The van der Waals surface area contributed by atoms with Crippen molar-refractivity contribution in [3.63, 3.8) is 0 Å². The third-order valence-electron chi connectivity index (χ3n) is 3.01. The van der Waals surface area contributed by atoms with E-state index in [2.05, 4.69) is 19.1 Å². The summed E-state index contributed by atoms with van der Waals surface area (Å²) in [6, 6.07) is 14.0. The van der Waals surface area contributed by atoms with Gasteiger partial charge in [0.15, 0.2) is 0 Å². The number of benzene rings is 2. The van der Waals surface area contributed by atoms with Gasteiger partial charge in [-0.25, -0.2) is 0 Å². The molecular formula is C15H16ClN. The van der Waals surface area contributed by atoms with Gasteiger partial charge in [0, 0.05) is 5.02 Å². The Morgan fingerprint density at radius 1 is 1.00 bits per heavy atom. The molecule has 0 aliphatic rings. The molecule has 0 aromatic heterocycles. The molecule has 0 heterocycles. The van der Waals surface area contributed by atoms with Gasteiger partial charge in [-0.3, -0.25) is 0 Å². The van der Waals surface area contributed by atoms with Gasteiger partial charge in [0.2, 0.25) is 0 Å². The van der Waals surface area contributed by atoms with Crippen molar-refractivity contribution >= 4 is 11.6 Å². The van der Waals surface area contributed by atoms with E-state index >= 15 is 0 Å². The number of hydrogen-bond acceptors (Lipinski definition) is 1. The molecule has 1 atom stereocenters. The molecule has 0 saturated heterocycles. The number of rotatable bonds is 2. The third kappa shape index (κ3) is 2.51. The zero-order valence-electron chi connectivity index (χ0n) is 10.1. The van der Waals surface area contributed by atoms with Crippen molar-refractivity contribution in [3.05, 3.63) is 69.7 Å². The molecule has 0 amide bonds. The van der Waals surface area contributed by atoms with Crippen LogP contribution in [0.5, 0.6) is 0 Å². The Hall–Kier alpha value is -1.31. The minimum Gasteiger partial charge on any atom is -0.320 e. The first-order valence-corrected chi connectivity index (χ1v) is 6.04. The maximum Gasteiger partial charge on any atom is 0.0569 e. The lowest BCUT2D eigenvalue weighted by Gasteiger charge is -2.16. The maximum absolute atomic E-state index is 6.28. The number of halogens is 1. The fourth-order valence-corrected chi connectivity index (χ4v) is 2.34. The fraction of sp³-hybridized carbons (Fsp3) is 0.200. The van der Waals surface area contributed by atoms with Crippen LogP contribution >= 0.6 is 11.6 Å². The quantitative estimate of drug-likeness (QED) is 0.850. The Kier molecular flexibility index (Phi) is 3.51. The van der Waals surface area contributed by atoms with Gasteiger partial charge in [-0.05, 0) is 42.2 Å². The van der Waals surface area contributed by atoms with Crippen molar-refractivity contribution in [1.29, 1.82) is 0 Å². The molecule has 2 aromatic carbocycles. The molecule has 0 bridgehead atoms. The first-order valence-electron chi connectivity index (χ1n) is 5.67. The van der Waals surface area contributed by atoms with E-state index in [1.54, 1.807) is 0 Å². The summed E-state index contributed by atoms with van der Waals surface area (Å²) in [5, 5.41) is 0.737. The molecule has 0 radical (unpaired) electrons. The Balaban J connectivity index is 2.44. The predicted octanol–water partition coefficient (Wildman–Crippen LogP) is 4.00. The van der Waals surface area contributed by atoms with Crippen molar-refractivity contribution in [1.82, 2.24) is 0 Å². The molecule has 0 saturated carbocycles. The summed E-state index contributed by atoms with van der Waals surface area (Å²) >= 11 is 6.25. The van der Waals surface area contributed by atoms with Crippen LogP contribution in [-0.4, -0.2) is 0 Å². The van der Waals surface area contributed by atoms with Gasteiger partial charge < -0.3 is 5.73 Å². The largest absolute Gasteiger partial charge is 0.320 e. The van der Waals surface area contributed by atoms with Gasteiger partial charge in [0.05, 0.1) is 6.04 Å². The summed E-state index contributed by atoms with van der Waals surface area (Å²) in [4.78, 5) is 0. The lowest BCUT2D eigenvalue weighted by molar-refractivity contribution is 0.861. The zero-order valence-corrected chi connectivity index (χ0v) is 10.8. The first-order chi connectivity index (χ1) is 8.09. The van der Waals surface area contributed by atoms with Crippen LogP contribution < -0.4 is 5.73 Å². The van der Waals surface area contributed by atoms with Crippen LogP contribution in [0.3, 0.4) is 0 Å². The molecule has 0 fully saturated rings. The highest BCUT2D eigenvalue weighted by atomic mass is 35.5. The van der Waals surface area contributed by atoms with Crippen LogP contribution in [0.4, 0.5) is 0 Å². The molecule has 2 aromatic rings. The molecule has 1 unspecified atom stereocenters. The van der Waals surface area contributed by atoms with Gasteiger partial charge >= 0.3 is 0 Å². The summed E-state index contributed by atoms with van der Waals surface area (Å²) in [7, 11) is 0. The normalized spacial score (nSPS) is 12.5. The second-order valence-corrected chi connectivity index (χ2v) is 4.77. The Morgan fingerprint density at radius 2 is 1.71 bits per heavy atom. The van der Waals surface area contributed by atoms with Crippen LogP contribution in [0, 0.1) is 13.8 Å². The van der Waals surface area contributed by atoms with Gasteiger partial charge in [0.1, 0.15) is 0 Å². The molecular weight excluding hydrogens is 230 g/mol. The molecule has 2 heteroatoms. The van der Waals surface area contributed by atoms with Crippen molar-refractivity contribution in [2.45, 2.75) is 19.9 Å². The summed E-state index contributed by atoms with van der Waals surface area (Å²) in [5.74, 6) is 0. The van der Waals surface area contributed by atoms with E-state index in [0.29, 0.717) is 0 Å². The smallest absolute Gasteiger partial charge is 0.0569 e. The second-order valence-electron chi connectivity index (χ2n) is 4.36. The molecule has 0 aliphatic heterocycles. The van der Waals surface area contributed by atoms with Crippen LogP contribution in [0.15, 0.2) is 42.5 Å². The lowest BCUT2D eigenvalue weighted by Crippen LogP contribution is -2.13. The summed E-state index contributed by atoms with van der Waals surface area (Å²) in [6.07, 6.45) is 0. The van der Waals surface area contributed by atoms with Gasteiger partial charge in [-0.15, -0.1) is 0 Å². The van der Waals surface area contributed by atoms with Crippen molar-refractivity contribution < 1.29 is 0 Å². The van der Waals surface area contributed by atoms with Crippen LogP contribution in [-0.2, 0) is 0 Å². The van der Waals surface area contributed by atoms with E-state index in [9.17, 15) is 0 Å². The number of aryl methyl sites for hydroxylation is 2. The van der Waals surface area contributed by atoms with E-state index in [4.69, 9.17) is 17.3 Å². The van der Waals surface area contributed by atoms with Gasteiger partial charge in [-0.1, -0.05) is 48.0 Å². The maximum atomic E-state index is 6.28. The molecule has 0 spiro atoms. The molecule has 88 valence electrons. The second kappa shape index (κ2) is 4.91.